The summed E-state index contributed by atoms with van der Waals surface area (Å²) in [5.41, 5.74) is 0.423. The number of rotatable bonds is 9. The van der Waals surface area contributed by atoms with Gasteiger partial charge in [0.25, 0.3) is 5.91 Å². The van der Waals surface area contributed by atoms with Crippen molar-refractivity contribution in [1.82, 2.24) is 5.32 Å². The minimum atomic E-state index is -1.12. The van der Waals surface area contributed by atoms with Crippen LogP contribution in [-0.2, 0) is 11.2 Å². The van der Waals surface area contributed by atoms with Crippen LogP contribution < -0.4 is 5.32 Å². The first-order chi connectivity index (χ1) is 13.7. The lowest BCUT2D eigenvalue weighted by Gasteiger charge is -2.14. The summed E-state index contributed by atoms with van der Waals surface area (Å²) in [6, 6.07) is 6.40. The summed E-state index contributed by atoms with van der Waals surface area (Å²) in [6.45, 7) is -0.359. The smallest absolute Gasteiger partial charge is 0.251 e. The Hall–Kier alpha value is -0.850. The van der Waals surface area contributed by atoms with E-state index in [0.717, 1.165) is 3.57 Å². The van der Waals surface area contributed by atoms with Gasteiger partial charge in [0.15, 0.2) is 11.6 Å². The molecule has 29 heavy (non-hydrogen) atoms. The minimum absolute atomic E-state index is 0.0271. The number of aliphatic hydroxyl groups is 2. The highest BCUT2D eigenvalue weighted by Gasteiger charge is 2.22. The van der Waals surface area contributed by atoms with E-state index < -0.39 is 30.3 Å². The van der Waals surface area contributed by atoms with Gasteiger partial charge in [-0.3, -0.25) is 4.79 Å². The Morgan fingerprint density at radius 1 is 1.31 bits per heavy atom. The zero-order valence-corrected chi connectivity index (χ0v) is 19.5. The fourth-order valence-corrected chi connectivity index (χ4v) is 3.79. The molecule has 0 bridgehead atoms. The number of aliphatic hydroxyl groups excluding tert-OH is 2. The van der Waals surface area contributed by atoms with Crippen LogP contribution in [0.2, 0.25) is 5.02 Å². The molecule has 0 aliphatic carbocycles. The number of carbonyl (C=O) groups excluding carboxylic acids is 1. The number of benzene rings is 2. The molecule has 1 amide bonds. The lowest BCUT2D eigenvalue weighted by molar-refractivity contribution is 0.00740. The topological polar surface area (TPSA) is 78.8 Å². The van der Waals surface area contributed by atoms with Crippen molar-refractivity contribution in [2.24, 2.45) is 0 Å². The number of halogens is 5. The molecule has 0 radical (unpaired) electrons. The van der Waals surface area contributed by atoms with Gasteiger partial charge in [0.05, 0.1) is 24.3 Å². The lowest BCUT2D eigenvalue weighted by Crippen LogP contribution is -2.30. The summed E-state index contributed by atoms with van der Waals surface area (Å²) < 4.78 is 34.6. The predicted molar refractivity (Wildman–Crippen MR) is 117 cm³/mol. The average Bonchev–Trinajstić information content (AvgIpc) is 2.69. The summed E-state index contributed by atoms with van der Waals surface area (Å²) >= 11 is 11.2. The Bertz CT molecular complexity index is 888. The van der Waals surface area contributed by atoms with Gasteiger partial charge in [-0.15, -0.1) is 0 Å². The van der Waals surface area contributed by atoms with Crippen molar-refractivity contribution in [3.05, 3.63) is 65.7 Å². The van der Waals surface area contributed by atoms with Crippen molar-refractivity contribution in [2.75, 3.05) is 26.4 Å². The van der Waals surface area contributed by atoms with Gasteiger partial charge in [-0.05, 0) is 62.3 Å². The van der Waals surface area contributed by atoms with E-state index in [1.165, 1.54) is 6.07 Å². The second-order valence-electron chi connectivity index (χ2n) is 6.09. The lowest BCUT2D eigenvalue weighted by atomic mass is 9.98. The Kier molecular flexibility index (Phi) is 9.70. The third kappa shape index (κ3) is 6.83. The molecule has 0 saturated heterocycles. The minimum Gasteiger partial charge on any atom is -0.394 e. The molecular weight excluding hydrogens is 586 g/mol. The van der Waals surface area contributed by atoms with Crippen molar-refractivity contribution < 1.29 is 28.5 Å². The maximum absolute atomic E-state index is 14.6. The highest BCUT2D eigenvalue weighted by atomic mass is 127. The normalized spacial score (nSPS) is 12.1. The Balaban J connectivity index is 2.19. The van der Waals surface area contributed by atoms with Crippen LogP contribution in [-0.4, -0.2) is 48.6 Å². The van der Waals surface area contributed by atoms with Crippen molar-refractivity contribution >= 4 is 56.0 Å². The van der Waals surface area contributed by atoms with Gasteiger partial charge in [-0.2, -0.15) is 0 Å². The van der Waals surface area contributed by atoms with E-state index in [2.05, 4.69) is 43.8 Å². The maximum Gasteiger partial charge on any atom is 0.251 e. The molecule has 2 aromatic rings. The molecule has 0 aliphatic heterocycles. The van der Waals surface area contributed by atoms with Gasteiger partial charge in [0.1, 0.15) is 6.10 Å². The predicted octanol–water partition coefficient (Wildman–Crippen LogP) is 3.68. The molecule has 2 rings (SSSR count). The second kappa shape index (κ2) is 11.5. The quantitative estimate of drug-likeness (QED) is 0.232. The Morgan fingerprint density at radius 2 is 2.03 bits per heavy atom. The van der Waals surface area contributed by atoms with Crippen molar-refractivity contribution in [1.29, 1.82) is 0 Å². The standard InChI is InChI=1S/C19H18BrClF2INO4/c20-15-7-14(19(28)25-3-4-29-9-12(27)8-26)13(17(22)18(15)23)5-10-1-2-11(24)6-16(10)21/h1-2,6-7,12,26-27H,3-5,8-9H2,(H,25,28). The molecule has 0 spiro atoms. The van der Waals surface area contributed by atoms with Crippen LogP contribution in [0.15, 0.2) is 28.7 Å². The Morgan fingerprint density at radius 3 is 2.69 bits per heavy atom. The van der Waals surface area contributed by atoms with Crippen LogP contribution in [0.3, 0.4) is 0 Å². The number of amides is 1. The number of hydrogen-bond donors (Lipinski definition) is 3. The molecule has 0 aliphatic rings. The van der Waals surface area contributed by atoms with Gasteiger partial charge < -0.3 is 20.3 Å². The first-order valence-corrected chi connectivity index (χ1v) is 10.7. The van der Waals surface area contributed by atoms with E-state index in [-0.39, 0.29) is 41.8 Å². The van der Waals surface area contributed by atoms with E-state index in [1.54, 1.807) is 18.2 Å². The largest absolute Gasteiger partial charge is 0.394 e. The SMILES string of the molecule is O=C(NCCOCC(O)CO)c1cc(Br)c(F)c(F)c1Cc1ccc(I)cc1Cl. The van der Waals surface area contributed by atoms with E-state index in [1.807, 2.05) is 0 Å². The monoisotopic (exact) mass is 603 g/mol. The Labute approximate surface area is 193 Å². The van der Waals surface area contributed by atoms with Crippen LogP contribution >= 0.6 is 50.1 Å². The molecule has 0 heterocycles. The van der Waals surface area contributed by atoms with E-state index in [9.17, 15) is 18.7 Å². The maximum atomic E-state index is 14.6. The van der Waals surface area contributed by atoms with Crippen LogP contribution in [0.5, 0.6) is 0 Å². The first kappa shape index (κ1) is 24.4. The molecule has 1 atom stereocenters. The molecule has 1 unspecified atom stereocenters. The van der Waals surface area contributed by atoms with E-state index in [0.29, 0.717) is 10.6 Å². The molecule has 0 fully saturated rings. The third-order valence-electron chi connectivity index (χ3n) is 3.94. The molecule has 2 aromatic carbocycles. The van der Waals surface area contributed by atoms with Crippen molar-refractivity contribution in [2.45, 2.75) is 12.5 Å². The zero-order chi connectivity index (χ0) is 21.6. The fourth-order valence-electron chi connectivity index (χ4n) is 2.47. The van der Waals surface area contributed by atoms with Crippen LogP contribution in [0.25, 0.3) is 0 Å². The molecule has 5 nitrogen and oxygen atoms in total. The summed E-state index contributed by atoms with van der Waals surface area (Å²) in [5.74, 6) is -2.81. The van der Waals surface area contributed by atoms with Crippen molar-refractivity contribution in [3.8, 4) is 0 Å². The molecule has 158 valence electrons. The number of hydrogen-bond acceptors (Lipinski definition) is 4. The van der Waals surface area contributed by atoms with Gasteiger partial charge >= 0.3 is 0 Å². The summed E-state index contributed by atoms with van der Waals surface area (Å²) in [4.78, 5) is 12.6. The van der Waals surface area contributed by atoms with E-state index >= 15 is 0 Å². The first-order valence-electron chi connectivity index (χ1n) is 8.49. The van der Waals surface area contributed by atoms with Crippen molar-refractivity contribution in [3.63, 3.8) is 0 Å². The highest BCUT2D eigenvalue weighted by Crippen LogP contribution is 2.29. The van der Waals surface area contributed by atoms with Crippen LogP contribution in [0.1, 0.15) is 21.5 Å². The van der Waals surface area contributed by atoms with Crippen LogP contribution in [0.4, 0.5) is 8.78 Å². The van der Waals surface area contributed by atoms with Gasteiger partial charge in [0.2, 0.25) is 0 Å². The zero-order valence-electron chi connectivity index (χ0n) is 15.0. The number of carbonyl (C=O) groups is 1. The van der Waals surface area contributed by atoms with Gasteiger partial charge in [-0.1, -0.05) is 17.7 Å². The molecule has 0 aromatic heterocycles. The van der Waals surface area contributed by atoms with E-state index in [4.69, 9.17) is 21.4 Å². The van der Waals surface area contributed by atoms with Crippen LogP contribution in [0, 0.1) is 15.2 Å². The number of nitrogens with one attached hydrogen (secondary N) is 1. The molecule has 3 N–H and O–H groups in total. The fraction of sp³-hybridized carbons (Fsp3) is 0.316. The number of ether oxygens (including phenoxy) is 1. The van der Waals surface area contributed by atoms with Gasteiger partial charge in [0, 0.05) is 32.7 Å². The highest BCUT2D eigenvalue weighted by molar-refractivity contribution is 14.1. The third-order valence-corrected chi connectivity index (χ3v) is 5.54. The average molecular weight is 605 g/mol. The summed E-state index contributed by atoms with van der Waals surface area (Å²) in [5, 5.41) is 20.9. The molecule has 10 heteroatoms. The van der Waals surface area contributed by atoms with Gasteiger partial charge in [-0.25, -0.2) is 8.78 Å². The summed E-state index contributed by atoms with van der Waals surface area (Å²) in [6.07, 6.45) is -1.06. The molecule has 0 saturated carbocycles. The second-order valence-corrected chi connectivity index (χ2v) is 8.60. The molecular formula is C19H18BrClF2INO4. The summed E-state index contributed by atoms with van der Waals surface area (Å²) in [7, 11) is 0.